The van der Waals surface area contributed by atoms with Gasteiger partial charge in [-0.2, -0.15) is 5.10 Å². The zero-order chi connectivity index (χ0) is 13.3. The molecule has 6 heteroatoms. The fraction of sp³-hybridized carbons (Fsp3) is 0.250. The van der Waals surface area contributed by atoms with E-state index in [1.165, 1.54) is 6.07 Å². The Morgan fingerprint density at radius 1 is 1.50 bits per heavy atom. The first kappa shape index (κ1) is 13.4. The Bertz CT molecular complexity index is 586. The number of hydrogen-bond acceptors (Lipinski definition) is 2. The van der Waals surface area contributed by atoms with Gasteiger partial charge in [0.05, 0.1) is 5.69 Å². The quantitative estimate of drug-likeness (QED) is 0.853. The third-order valence-electron chi connectivity index (χ3n) is 2.54. The molecule has 2 aromatic rings. The summed E-state index contributed by atoms with van der Waals surface area (Å²) >= 11 is 9.25. The summed E-state index contributed by atoms with van der Waals surface area (Å²) in [6.07, 6.45) is 0. The second kappa shape index (κ2) is 5.28. The normalized spacial score (nSPS) is 10.7. The predicted octanol–water partition coefficient (Wildman–Crippen LogP) is 3.86. The van der Waals surface area contributed by atoms with E-state index in [-0.39, 0.29) is 12.4 Å². The van der Waals surface area contributed by atoms with Gasteiger partial charge in [0.15, 0.2) is 11.6 Å². The molecule has 1 heterocycles. The molecule has 0 aliphatic carbocycles. The third kappa shape index (κ3) is 2.67. The number of rotatable bonds is 3. The first-order valence-electron chi connectivity index (χ1n) is 5.25. The van der Waals surface area contributed by atoms with Crippen molar-refractivity contribution in [2.24, 2.45) is 7.05 Å². The van der Waals surface area contributed by atoms with E-state index in [4.69, 9.17) is 16.3 Å². The summed E-state index contributed by atoms with van der Waals surface area (Å²) in [4.78, 5) is 0. The van der Waals surface area contributed by atoms with Gasteiger partial charge in [0, 0.05) is 17.1 Å². The molecule has 3 nitrogen and oxygen atoms in total. The van der Waals surface area contributed by atoms with E-state index in [1.807, 2.05) is 6.92 Å². The molecule has 1 aromatic heterocycles. The number of nitrogens with zero attached hydrogens (tertiary/aromatic N) is 2. The SMILES string of the molecule is Cc1nn(C)c(Cl)c1COc1ccc(Br)cc1F. The highest BCUT2D eigenvalue weighted by molar-refractivity contribution is 9.10. The Morgan fingerprint density at radius 3 is 2.78 bits per heavy atom. The maximum atomic E-state index is 13.6. The van der Waals surface area contributed by atoms with E-state index in [2.05, 4.69) is 21.0 Å². The average Bonchev–Trinajstić information content (AvgIpc) is 2.53. The van der Waals surface area contributed by atoms with Crippen molar-refractivity contribution in [2.45, 2.75) is 13.5 Å². The van der Waals surface area contributed by atoms with Gasteiger partial charge in [-0.05, 0) is 25.1 Å². The molecule has 0 saturated heterocycles. The predicted molar refractivity (Wildman–Crippen MR) is 71.4 cm³/mol. The van der Waals surface area contributed by atoms with Crippen molar-refractivity contribution >= 4 is 27.5 Å². The Labute approximate surface area is 118 Å². The molecular formula is C12H11BrClFN2O. The van der Waals surface area contributed by atoms with Crippen molar-refractivity contribution in [1.82, 2.24) is 9.78 Å². The van der Waals surface area contributed by atoms with Crippen molar-refractivity contribution in [2.75, 3.05) is 0 Å². The van der Waals surface area contributed by atoms with Gasteiger partial charge in [-0.25, -0.2) is 4.39 Å². The van der Waals surface area contributed by atoms with Gasteiger partial charge in [0.2, 0.25) is 0 Å². The summed E-state index contributed by atoms with van der Waals surface area (Å²) in [5.74, 6) is -0.223. The van der Waals surface area contributed by atoms with Crippen molar-refractivity contribution in [3.63, 3.8) is 0 Å². The molecule has 0 saturated carbocycles. The minimum absolute atomic E-state index is 0.192. The van der Waals surface area contributed by atoms with Crippen LogP contribution in [0.1, 0.15) is 11.3 Å². The van der Waals surface area contributed by atoms with Crippen LogP contribution in [0.2, 0.25) is 5.15 Å². The summed E-state index contributed by atoms with van der Waals surface area (Å²) in [6, 6.07) is 4.64. The fourth-order valence-electron chi connectivity index (χ4n) is 1.58. The molecule has 1 aromatic carbocycles. The second-order valence-electron chi connectivity index (χ2n) is 3.84. The molecule has 0 aliphatic rings. The second-order valence-corrected chi connectivity index (χ2v) is 5.12. The van der Waals surface area contributed by atoms with Crippen LogP contribution in [-0.4, -0.2) is 9.78 Å². The minimum Gasteiger partial charge on any atom is -0.486 e. The topological polar surface area (TPSA) is 27.1 Å². The number of aryl methyl sites for hydroxylation is 2. The smallest absolute Gasteiger partial charge is 0.166 e. The van der Waals surface area contributed by atoms with Gasteiger partial charge in [-0.1, -0.05) is 27.5 Å². The monoisotopic (exact) mass is 332 g/mol. The summed E-state index contributed by atoms with van der Waals surface area (Å²) in [6.45, 7) is 2.03. The molecule has 0 unspecified atom stereocenters. The van der Waals surface area contributed by atoms with Crippen LogP contribution in [0.25, 0.3) is 0 Å². The van der Waals surface area contributed by atoms with Crippen molar-refractivity contribution in [3.8, 4) is 5.75 Å². The molecule has 0 bridgehead atoms. The summed E-state index contributed by atoms with van der Waals surface area (Å²) < 4.78 is 21.2. The van der Waals surface area contributed by atoms with E-state index in [9.17, 15) is 4.39 Å². The van der Waals surface area contributed by atoms with Crippen LogP contribution in [0.15, 0.2) is 22.7 Å². The molecule has 2 rings (SSSR count). The maximum absolute atomic E-state index is 13.6. The fourth-order valence-corrected chi connectivity index (χ4v) is 2.14. The first-order valence-corrected chi connectivity index (χ1v) is 6.42. The lowest BCUT2D eigenvalue weighted by molar-refractivity contribution is 0.289. The van der Waals surface area contributed by atoms with Gasteiger partial charge < -0.3 is 4.74 Å². The number of benzene rings is 1. The van der Waals surface area contributed by atoms with Crippen molar-refractivity contribution in [3.05, 3.63) is 44.9 Å². The van der Waals surface area contributed by atoms with Crippen LogP contribution < -0.4 is 4.74 Å². The van der Waals surface area contributed by atoms with Gasteiger partial charge in [0.1, 0.15) is 11.8 Å². The highest BCUT2D eigenvalue weighted by atomic mass is 79.9. The molecule has 18 heavy (non-hydrogen) atoms. The number of hydrogen-bond donors (Lipinski definition) is 0. The zero-order valence-electron chi connectivity index (χ0n) is 9.88. The molecule has 0 fully saturated rings. The van der Waals surface area contributed by atoms with Gasteiger partial charge in [0.25, 0.3) is 0 Å². The number of ether oxygens (including phenoxy) is 1. The highest BCUT2D eigenvalue weighted by Gasteiger charge is 2.13. The molecule has 0 amide bonds. The highest BCUT2D eigenvalue weighted by Crippen LogP contribution is 2.24. The standard InChI is InChI=1S/C12H11BrClFN2O/c1-7-9(12(14)17(2)16-7)6-18-11-4-3-8(13)5-10(11)15/h3-5H,6H2,1-2H3. The molecule has 0 spiro atoms. The van der Waals surface area contributed by atoms with E-state index < -0.39 is 5.82 Å². The van der Waals surface area contributed by atoms with Gasteiger partial charge in [-0.15, -0.1) is 0 Å². The Kier molecular flexibility index (Phi) is 3.92. The van der Waals surface area contributed by atoms with E-state index >= 15 is 0 Å². The molecule has 0 N–H and O–H groups in total. The van der Waals surface area contributed by atoms with E-state index in [0.717, 1.165) is 11.3 Å². The maximum Gasteiger partial charge on any atom is 0.166 e. The molecule has 0 radical (unpaired) electrons. The molecular weight excluding hydrogens is 322 g/mol. The Morgan fingerprint density at radius 2 is 2.22 bits per heavy atom. The number of halogens is 3. The van der Waals surface area contributed by atoms with Crippen molar-refractivity contribution < 1.29 is 9.13 Å². The third-order valence-corrected chi connectivity index (χ3v) is 3.50. The van der Waals surface area contributed by atoms with Gasteiger partial charge in [-0.3, -0.25) is 4.68 Å². The van der Waals surface area contributed by atoms with Crippen LogP contribution in [0.3, 0.4) is 0 Å². The minimum atomic E-state index is -0.415. The van der Waals surface area contributed by atoms with Crippen LogP contribution in [0.5, 0.6) is 5.75 Å². The lowest BCUT2D eigenvalue weighted by Crippen LogP contribution is -1.99. The summed E-state index contributed by atoms with van der Waals surface area (Å²) in [5, 5.41) is 4.67. The molecule has 0 atom stereocenters. The Hall–Kier alpha value is -1.07. The first-order chi connectivity index (χ1) is 8.49. The number of aromatic nitrogens is 2. The van der Waals surface area contributed by atoms with Gasteiger partial charge >= 0.3 is 0 Å². The lowest BCUT2D eigenvalue weighted by atomic mass is 10.3. The van der Waals surface area contributed by atoms with Crippen LogP contribution >= 0.6 is 27.5 Å². The van der Waals surface area contributed by atoms with Crippen molar-refractivity contribution in [1.29, 1.82) is 0 Å². The lowest BCUT2D eigenvalue weighted by Gasteiger charge is -2.07. The largest absolute Gasteiger partial charge is 0.486 e. The van der Waals surface area contributed by atoms with Crippen LogP contribution in [0, 0.1) is 12.7 Å². The Balaban J connectivity index is 2.16. The van der Waals surface area contributed by atoms with Crippen LogP contribution in [-0.2, 0) is 13.7 Å². The van der Waals surface area contributed by atoms with Crippen LogP contribution in [0.4, 0.5) is 4.39 Å². The molecule has 0 aliphatic heterocycles. The summed E-state index contributed by atoms with van der Waals surface area (Å²) in [5.41, 5.74) is 1.54. The van der Waals surface area contributed by atoms with E-state index in [1.54, 1.807) is 23.9 Å². The molecule has 96 valence electrons. The zero-order valence-corrected chi connectivity index (χ0v) is 12.2. The average molecular weight is 334 g/mol. The summed E-state index contributed by atoms with van der Waals surface area (Å²) in [7, 11) is 1.75. The van der Waals surface area contributed by atoms with E-state index in [0.29, 0.717) is 9.63 Å².